The van der Waals surface area contributed by atoms with Crippen LogP contribution in [-0.4, -0.2) is 26.6 Å². The fourth-order valence-electron chi connectivity index (χ4n) is 4.33. The number of benzene rings is 2. The van der Waals surface area contributed by atoms with E-state index in [4.69, 9.17) is 10.5 Å². The summed E-state index contributed by atoms with van der Waals surface area (Å²) in [5.74, 6) is 0.944. The van der Waals surface area contributed by atoms with Crippen molar-refractivity contribution in [3.05, 3.63) is 101 Å². The maximum absolute atomic E-state index is 14.2. The number of anilines is 2. The van der Waals surface area contributed by atoms with Crippen LogP contribution in [0.2, 0.25) is 0 Å². The van der Waals surface area contributed by atoms with Gasteiger partial charge in [0.25, 0.3) is 5.56 Å². The number of nitriles is 1. The zero-order valence-electron chi connectivity index (χ0n) is 20.2. The molecule has 5 rings (SSSR count). The van der Waals surface area contributed by atoms with Gasteiger partial charge in [-0.2, -0.15) is 10.2 Å². The molecule has 0 bridgehead atoms. The number of fused-ring (bicyclic) bond motifs is 1. The second-order valence-corrected chi connectivity index (χ2v) is 8.40. The van der Waals surface area contributed by atoms with Crippen molar-refractivity contribution >= 4 is 22.5 Å². The Morgan fingerprint density at radius 2 is 1.89 bits per heavy atom. The molecular weight excluding hydrogens is 466 g/mol. The Hall–Kier alpha value is -5.23. The summed E-state index contributed by atoms with van der Waals surface area (Å²) in [5.41, 5.74) is 8.75. The number of hydrogen-bond donors (Lipinski definition) is 2. The van der Waals surface area contributed by atoms with Crippen LogP contribution in [0.5, 0.6) is 5.75 Å². The lowest BCUT2D eigenvalue weighted by molar-refractivity contribution is 0.413. The molecule has 182 valence electrons. The molecule has 0 aliphatic heterocycles. The summed E-state index contributed by atoms with van der Waals surface area (Å²) in [5, 5.41) is 14.1. The molecule has 0 radical (unpaired) electrons. The van der Waals surface area contributed by atoms with E-state index >= 15 is 0 Å². The van der Waals surface area contributed by atoms with E-state index in [9.17, 15) is 10.1 Å². The summed E-state index contributed by atoms with van der Waals surface area (Å²) >= 11 is 0. The number of ether oxygens (including phenoxy) is 1. The number of rotatable bonds is 6. The maximum Gasteiger partial charge on any atom is 0.263 e. The number of para-hydroxylation sites is 1. The lowest BCUT2D eigenvalue weighted by atomic mass is 9.98. The fourth-order valence-corrected chi connectivity index (χ4v) is 4.33. The molecule has 3 heterocycles. The van der Waals surface area contributed by atoms with Gasteiger partial charge in [0.2, 0.25) is 5.95 Å². The maximum atomic E-state index is 14.2. The van der Waals surface area contributed by atoms with E-state index in [1.54, 1.807) is 24.1 Å². The first-order valence-corrected chi connectivity index (χ1v) is 11.5. The van der Waals surface area contributed by atoms with Gasteiger partial charge in [-0.15, -0.1) is 0 Å². The Bertz CT molecular complexity index is 1710. The third-order valence-corrected chi connectivity index (χ3v) is 6.07. The largest absolute Gasteiger partial charge is 0.495 e. The van der Waals surface area contributed by atoms with Gasteiger partial charge in [0.05, 0.1) is 30.9 Å². The fraction of sp³-hybridized carbons (Fsp3) is 0.107. The first kappa shape index (κ1) is 23.5. The van der Waals surface area contributed by atoms with Gasteiger partial charge in [0.1, 0.15) is 23.2 Å². The minimum Gasteiger partial charge on any atom is -0.495 e. The molecule has 1 unspecified atom stereocenters. The average molecular weight is 490 g/mol. The Morgan fingerprint density at radius 3 is 2.65 bits per heavy atom. The van der Waals surface area contributed by atoms with Crippen molar-refractivity contribution in [2.45, 2.75) is 13.0 Å². The zero-order valence-corrected chi connectivity index (χ0v) is 20.2. The molecule has 5 aromatic rings. The number of nitrogens with zero attached hydrogens (tertiary/aromatic N) is 5. The Kier molecular flexibility index (Phi) is 6.22. The molecule has 0 saturated carbocycles. The molecule has 0 amide bonds. The molecule has 9 nitrogen and oxygen atoms in total. The van der Waals surface area contributed by atoms with Crippen molar-refractivity contribution < 1.29 is 4.74 Å². The third kappa shape index (κ3) is 4.44. The molecule has 0 spiro atoms. The molecule has 3 aromatic heterocycles. The smallest absolute Gasteiger partial charge is 0.263 e. The van der Waals surface area contributed by atoms with Crippen LogP contribution in [0.25, 0.3) is 27.6 Å². The van der Waals surface area contributed by atoms with E-state index in [1.165, 1.54) is 6.20 Å². The Balaban J connectivity index is 1.74. The van der Waals surface area contributed by atoms with Gasteiger partial charge in [0, 0.05) is 23.1 Å². The highest BCUT2D eigenvalue weighted by Crippen LogP contribution is 2.31. The van der Waals surface area contributed by atoms with Crippen molar-refractivity contribution in [3.63, 3.8) is 0 Å². The van der Waals surface area contributed by atoms with Gasteiger partial charge < -0.3 is 15.8 Å². The standard InChI is InChI=1S/C28H23N7O2/c1-17(33-26-20(13-29)15-32-28(30)34-26)24-12-18-7-6-10-23(19-11-22(37-2)16-31-14-19)25(18)27(36)35(24)21-8-4-3-5-9-21/h3-12,14-17H,1-2H3,(H3,30,32,33,34). The van der Waals surface area contributed by atoms with Crippen LogP contribution >= 0.6 is 0 Å². The van der Waals surface area contributed by atoms with Crippen LogP contribution in [0.4, 0.5) is 11.8 Å². The number of nitrogen functional groups attached to an aromatic ring is 1. The summed E-state index contributed by atoms with van der Waals surface area (Å²) in [4.78, 5) is 26.6. The molecule has 0 saturated heterocycles. The van der Waals surface area contributed by atoms with E-state index in [1.807, 2.05) is 67.6 Å². The summed E-state index contributed by atoms with van der Waals surface area (Å²) in [6, 6.07) is 20.6. The topological polar surface area (TPSA) is 132 Å². The van der Waals surface area contributed by atoms with Gasteiger partial charge in [0.15, 0.2) is 0 Å². The molecule has 1 atom stereocenters. The van der Waals surface area contributed by atoms with Crippen LogP contribution in [0.1, 0.15) is 24.2 Å². The second-order valence-electron chi connectivity index (χ2n) is 8.40. The van der Waals surface area contributed by atoms with Crippen molar-refractivity contribution in [2.24, 2.45) is 0 Å². The molecule has 2 aromatic carbocycles. The first-order valence-electron chi connectivity index (χ1n) is 11.5. The molecule has 0 fully saturated rings. The van der Waals surface area contributed by atoms with Crippen LogP contribution < -0.4 is 21.3 Å². The molecule has 0 aliphatic carbocycles. The predicted molar refractivity (Wildman–Crippen MR) is 143 cm³/mol. The number of aromatic nitrogens is 4. The minimum atomic E-state index is -0.416. The summed E-state index contributed by atoms with van der Waals surface area (Å²) in [6.45, 7) is 1.90. The molecule has 3 N–H and O–H groups in total. The number of methoxy groups -OCH3 is 1. The Morgan fingerprint density at radius 1 is 1.08 bits per heavy atom. The van der Waals surface area contributed by atoms with Crippen LogP contribution in [-0.2, 0) is 0 Å². The number of nitrogens with one attached hydrogen (secondary N) is 1. The number of hydrogen-bond acceptors (Lipinski definition) is 8. The van der Waals surface area contributed by atoms with Gasteiger partial charge in [-0.3, -0.25) is 14.3 Å². The second kappa shape index (κ2) is 9.79. The molecule has 37 heavy (non-hydrogen) atoms. The van der Waals surface area contributed by atoms with Gasteiger partial charge in [-0.1, -0.05) is 36.4 Å². The van der Waals surface area contributed by atoms with E-state index in [-0.39, 0.29) is 17.1 Å². The minimum absolute atomic E-state index is 0.0456. The zero-order chi connectivity index (χ0) is 25.9. The molecule has 9 heteroatoms. The highest BCUT2D eigenvalue weighted by atomic mass is 16.5. The summed E-state index contributed by atoms with van der Waals surface area (Å²) < 4.78 is 7.02. The molecular formula is C28H23N7O2. The number of pyridine rings is 2. The Labute approximate surface area is 212 Å². The van der Waals surface area contributed by atoms with Crippen LogP contribution in [0, 0.1) is 11.3 Å². The lowest BCUT2D eigenvalue weighted by Crippen LogP contribution is -2.26. The van der Waals surface area contributed by atoms with Crippen molar-refractivity contribution in [1.29, 1.82) is 5.26 Å². The quantitative estimate of drug-likeness (QED) is 0.357. The predicted octanol–water partition coefficient (Wildman–Crippen LogP) is 4.48. The highest BCUT2D eigenvalue weighted by molar-refractivity contribution is 5.96. The third-order valence-electron chi connectivity index (χ3n) is 6.07. The normalized spacial score (nSPS) is 11.6. The SMILES string of the molecule is COc1cncc(-c2cccc3cc(C(C)Nc4nc(N)ncc4C#N)n(-c4ccccc4)c(=O)c23)c1. The van der Waals surface area contributed by atoms with Gasteiger partial charge >= 0.3 is 0 Å². The van der Waals surface area contributed by atoms with E-state index in [2.05, 4.69) is 26.3 Å². The molecule has 0 aliphatic rings. The monoisotopic (exact) mass is 489 g/mol. The summed E-state index contributed by atoms with van der Waals surface area (Å²) in [7, 11) is 1.58. The highest BCUT2D eigenvalue weighted by Gasteiger charge is 2.20. The van der Waals surface area contributed by atoms with Crippen molar-refractivity contribution in [3.8, 4) is 28.6 Å². The van der Waals surface area contributed by atoms with E-state index < -0.39 is 6.04 Å². The van der Waals surface area contributed by atoms with E-state index in [0.29, 0.717) is 28.3 Å². The first-order chi connectivity index (χ1) is 18.0. The van der Waals surface area contributed by atoms with Crippen LogP contribution in [0.15, 0.2) is 84.0 Å². The van der Waals surface area contributed by atoms with Crippen molar-refractivity contribution in [2.75, 3.05) is 18.2 Å². The van der Waals surface area contributed by atoms with Crippen LogP contribution in [0.3, 0.4) is 0 Å². The van der Waals surface area contributed by atoms with E-state index in [0.717, 1.165) is 16.5 Å². The van der Waals surface area contributed by atoms with Gasteiger partial charge in [-0.25, -0.2) is 4.98 Å². The average Bonchev–Trinajstić information content (AvgIpc) is 2.93. The lowest BCUT2D eigenvalue weighted by Gasteiger charge is -2.22. The summed E-state index contributed by atoms with van der Waals surface area (Å²) in [6.07, 6.45) is 4.71. The van der Waals surface area contributed by atoms with Crippen molar-refractivity contribution in [1.82, 2.24) is 19.5 Å². The van der Waals surface area contributed by atoms with Gasteiger partial charge in [-0.05, 0) is 42.1 Å². The number of nitrogens with two attached hydrogens (primary N) is 1.